The lowest BCUT2D eigenvalue weighted by Crippen LogP contribution is -2.68. The Balaban J connectivity index is 1.06. The van der Waals surface area contributed by atoms with Crippen LogP contribution >= 0.6 is 0 Å². The molecule has 39 heavy (non-hydrogen) atoms. The number of unbranched alkanes of at least 4 members (excludes halogenated alkanes) is 3. The second-order valence-corrected chi connectivity index (χ2v) is 13.2. The molecule has 2 saturated carbocycles. The Bertz CT molecular complexity index is 1170. The van der Waals surface area contributed by atoms with Crippen LogP contribution in [0.4, 0.5) is 0 Å². The molecule has 5 nitrogen and oxygen atoms in total. The molecule has 210 valence electrons. The molecular weight excluding hydrogens is 484 g/mol. The molecule has 2 aromatic rings. The van der Waals surface area contributed by atoms with E-state index in [0.717, 1.165) is 44.0 Å². The summed E-state index contributed by atoms with van der Waals surface area (Å²) in [5.41, 5.74) is 4.55. The molecule has 7 rings (SSSR count). The maximum Gasteiger partial charge on any atom is 0.165 e. The molecule has 0 radical (unpaired) electrons. The number of hydrogen-bond donors (Lipinski definition) is 1. The van der Waals surface area contributed by atoms with Gasteiger partial charge in [-0.2, -0.15) is 0 Å². The highest BCUT2D eigenvalue weighted by Gasteiger charge is 2.66. The number of methoxy groups -OCH3 is 1. The summed E-state index contributed by atoms with van der Waals surface area (Å²) >= 11 is 0. The minimum atomic E-state index is -0.0714. The molecule has 0 aromatic heterocycles. The van der Waals surface area contributed by atoms with Gasteiger partial charge in [0.25, 0.3) is 0 Å². The van der Waals surface area contributed by atoms with E-state index in [1.165, 1.54) is 68.1 Å². The predicted molar refractivity (Wildman–Crippen MR) is 155 cm³/mol. The lowest BCUT2D eigenvalue weighted by atomic mass is 9.51. The monoisotopic (exact) mass is 530 g/mol. The molecule has 2 bridgehead atoms. The van der Waals surface area contributed by atoms with Crippen molar-refractivity contribution in [1.82, 2.24) is 9.80 Å². The Morgan fingerprint density at radius 3 is 2.69 bits per heavy atom. The standard InChI is InChI=1S/C34H46N2O3/c1-35(18-9-4-3-6-10-23-11-7-5-8-12-23)27-15-14-26-28-20-24-13-16-30(38-2)32-31(24)34(26,33(27)39-32)17-19-36(28)22-25-21-29(25)37/h5,7-8,11-13,16,25-29,33,37H,3-4,6,9-10,14-15,17-22H2,1-2H3/t25?,26-,27-,28+,29?,33-,34-/m0/s1. The second kappa shape index (κ2) is 10.4. The van der Waals surface area contributed by atoms with Gasteiger partial charge in [-0.25, -0.2) is 0 Å². The second-order valence-electron chi connectivity index (χ2n) is 13.2. The topological polar surface area (TPSA) is 45.2 Å². The van der Waals surface area contributed by atoms with Crippen molar-refractivity contribution in [2.45, 2.75) is 93.9 Å². The quantitative estimate of drug-likeness (QED) is 0.404. The Morgan fingerprint density at radius 2 is 1.90 bits per heavy atom. The molecule has 3 fully saturated rings. The molecule has 1 saturated heterocycles. The summed E-state index contributed by atoms with van der Waals surface area (Å²) in [6, 6.07) is 16.4. The zero-order valence-electron chi connectivity index (χ0n) is 23.9. The van der Waals surface area contributed by atoms with Gasteiger partial charge in [-0.05, 0) is 94.6 Å². The van der Waals surface area contributed by atoms with E-state index < -0.39 is 0 Å². The first kappa shape index (κ1) is 25.9. The molecular formula is C34H46N2O3. The first-order chi connectivity index (χ1) is 19.1. The van der Waals surface area contributed by atoms with Crippen LogP contribution in [0.25, 0.3) is 0 Å². The average molecular weight is 531 g/mol. The van der Waals surface area contributed by atoms with E-state index in [1.54, 1.807) is 7.11 Å². The predicted octanol–water partition coefficient (Wildman–Crippen LogP) is 5.22. The van der Waals surface area contributed by atoms with Crippen LogP contribution in [-0.2, 0) is 18.3 Å². The third-order valence-electron chi connectivity index (χ3n) is 11.1. The van der Waals surface area contributed by atoms with Gasteiger partial charge < -0.3 is 14.6 Å². The van der Waals surface area contributed by atoms with Crippen molar-refractivity contribution in [3.63, 3.8) is 0 Å². The molecule has 2 aliphatic heterocycles. The third-order valence-corrected chi connectivity index (χ3v) is 11.1. The van der Waals surface area contributed by atoms with Crippen LogP contribution in [0.2, 0.25) is 0 Å². The van der Waals surface area contributed by atoms with Gasteiger partial charge >= 0.3 is 0 Å². The summed E-state index contributed by atoms with van der Waals surface area (Å²) < 4.78 is 12.9. The van der Waals surface area contributed by atoms with Crippen molar-refractivity contribution >= 4 is 0 Å². The van der Waals surface area contributed by atoms with Gasteiger partial charge in [-0.15, -0.1) is 0 Å². The fourth-order valence-electron chi connectivity index (χ4n) is 9.01. The van der Waals surface area contributed by atoms with E-state index >= 15 is 0 Å². The van der Waals surface area contributed by atoms with Gasteiger partial charge in [0.15, 0.2) is 11.5 Å². The molecule has 3 aliphatic carbocycles. The van der Waals surface area contributed by atoms with E-state index in [9.17, 15) is 5.11 Å². The molecule has 1 N–H and O–H groups in total. The van der Waals surface area contributed by atoms with E-state index in [0.29, 0.717) is 23.9 Å². The number of aryl methyl sites for hydroxylation is 1. The summed E-state index contributed by atoms with van der Waals surface area (Å²) in [7, 11) is 4.13. The van der Waals surface area contributed by atoms with Crippen LogP contribution in [0.15, 0.2) is 42.5 Å². The van der Waals surface area contributed by atoms with Gasteiger partial charge in [-0.3, -0.25) is 9.80 Å². The van der Waals surface area contributed by atoms with Gasteiger partial charge in [0, 0.05) is 35.5 Å². The lowest BCUT2D eigenvalue weighted by molar-refractivity contribution is -0.0861. The van der Waals surface area contributed by atoms with Gasteiger partial charge in [0.05, 0.1) is 13.2 Å². The minimum absolute atomic E-state index is 0.0714. The van der Waals surface area contributed by atoms with Gasteiger partial charge in [0.1, 0.15) is 6.10 Å². The maximum atomic E-state index is 10.1. The van der Waals surface area contributed by atoms with E-state index in [1.807, 2.05) is 0 Å². The van der Waals surface area contributed by atoms with Crippen LogP contribution in [0, 0.1) is 11.8 Å². The number of nitrogens with zero attached hydrogens (tertiary/aromatic N) is 2. The molecule has 5 aliphatic rings. The Morgan fingerprint density at radius 1 is 1.08 bits per heavy atom. The minimum Gasteiger partial charge on any atom is -0.493 e. The van der Waals surface area contributed by atoms with E-state index in [4.69, 9.17) is 9.47 Å². The normalized spacial score (nSPS) is 34.1. The van der Waals surface area contributed by atoms with Crippen LogP contribution in [0.5, 0.6) is 11.5 Å². The summed E-state index contributed by atoms with van der Waals surface area (Å²) in [4.78, 5) is 5.39. The van der Waals surface area contributed by atoms with Crippen molar-refractivity contribution in [3.8, 4) is 11.5 Å². The first-order valence-electron chi connectivity index (χ1n) is 15.6. The highest BCUT2D eigenvalue weighted by atomic mass is 16.5. The molecule has 1 spiro atoms. The third kappa shape index (κ3) is 4.40. The summed E-state index contributed by atoms with van der Waals surface area (Å²) in [5.74, 6) is 3.09. The highest BCUT2D eigenvalue weighted by Crippen LogP contribution is 2.64. The number of likely N-dealkylation sites (N-methyl/N-ethyl adjacent to an activating group) is 1. The first-order valence-corrected chi connectivity index (χ1v) is 15.6. The van der Waals surface area contributed by atoms with Crippen LogP contribution in [0.1, 0.15) is 68.1 Å². The van der Waals surface area contributed by atoms with Crippen LogP contribution < -0.4 is 9.47 Å². The van der Waals surface area contributed by atoms with Crippen molar-refractivity contribution in [2.24, 2.45) is 11.8 Å². The zero-order valence-corrected chi connectivity index (χ0v) is 23.9. The molecule has 5 heteroatoms. The Kier molecular flexibility index (Phi) is 6.89. The highest BCUT2D eigenvalue weighted by molar-refractivity contribution is 5.61. The Hall–Kier alpha value is -2.08. The van der Waals surface area contributed by atoms with E-state index in [2.05, 4.69) is 59.3 Å². The number of benzene rings is 2. The Labute approximate surface area is 234 Å². The van der Waals surface area contributed by atoms with Crippen molar-refractivity contribution in [1.29, 1.82) is 0 Å². The number of rotatable bonds is 11. The summed E-state index contributed by atoms with van der Waals surface area (Å²) in [5, 5.41) is 10.1. The molecule has 2 unspecified atom stereocenters. The van der Waals surface area contributed by atoms with Gasteiger partial charge in [0.2, 0.25) is 0 Å². The summed E-state index contributed by atoms with van der Waals surface area (Å²) in [6.07, 6.45) is 12.2. The molecule has 7 atom stereocenters. The number of ether oxygens (including phenoxy) is 2. The fraction of sp³-hybridized carbons (Fsp3) is 0.647. The number of aliphatic hydroxyl groups excluding tert-OH is 1. The smallest absolute Gasteiger partial charge is 0.165 e. The molecule has 0 amide bonds. The average Bonchev–Trinajstić information content (AvgIpc) is 3.54. The number of likely N-dealkylation sites (tertiary alicyclic amines) is 1. The number of hydrogen-bond acceptors (Lipinski definition) is 5. The SMILES string of the molecule is COc1ccc2c3c1O[C@H]1[C@@H](N(C)CCCCCCc4ccccc4)CC[C@H]4[C@@H](C2)N(CC2CC2O)CC[C@@]341. The lowest BCUT2D eigenvalue weighted by Gasteiger charge is -2.60. The number of piperidine rings is 1. The van der Waals surface area contributed by atoms with E-state index in [-0.39, 0.29) is 17.6 Å². The van der Waals surface area contributed by atoms with Crippen LogP contribution in [-0.4, -0.2) is 73.0 Å². The fourth-order valence-corrected chi connectivity index (χ4v) is 9.01. The molecule has 2 aromatic carbocycles. The van der Waals surface area contributed by atoms with Gasteiger partial charge in [-0.1, -0.05) is 49.2 Å². The van der Waals surface area contributed by atoms with Crippen molar-refractivity contribution in [3.05, 3.63) is 59.2 Å². The number of aliphatic hydroxyl groups is 1. The molecule has 2 heterocycles. The largest absolute Gasteiger partial charge is 0.493 e. The van der Waals surface area contributed by atoms with Crippen LogP contribution in [0.3, 0.4) is 0 Å². The van der Waals surface area contributed by atoms with Crippen molar-refractivity contribution in [2.75, 3.05) is 33.8 Å². The maximum absolute atomic E-state index is 10.1. The van der Waals surface area contributed by atoms with Crippen molar-refractivity contribution < 1.29 is 14.6 Å². The zero-order chi connectivity index (χ0) is 26.6. The summed E-state index contributed by atoms with van der Waals surface area (Å²) in [6.45, 7) is 3.33.